The first-order valence-corrected chi connectivity index (χ1v) is 12.3. The van der Waals surface area contributed by atoms with Gasteiger partial charge in [0, 0.05) is 17.0 Å². The first kappa shape index (κ1) is 18.6. The van der Waals surface area contributed by atoms with Gasteiger partial charge in [-0.05, 0) is 72.3 Å². The molecule has 0 bridgehead atoms. The zero-order valence-electron chi connectivity index (χ0n) is 19.4. The Morgan fingerprint density at radius 1 is 0.647 bits per heavy atom. The molecule has 5 aromatic rings. The molecule has 1 heteroatoms. The molecule has 0 saturated carbocycles. The Labute approximate surface area is 199 Å². The minimum Gasteiger partial charge on any atom is -0.377 e. The Hall–Kier alpha value is -3.84. The second kappa shape index (κ2) is 6.18. The van der Waals surface area contributed by atoms with Crippen LogP contribution < -0.4 is 5.32 Å². The van der Waals surface area contributed by atoms with Crippen molar-refractivity contribution in [2.75, 3.05) is 5.32 Å². The maximum Gasteiger partial charge on any atom is 0.0551 e. The molecule has 0 fully saturated rings. The molecule has 1 nitrogen and oxygen atoms in total. The summed E-state index contributed by atoms with van der Waals surface area (Å²) in [5, 5.41) is 12.0. The van der Waals surface area contributed by atoms with Gasteiger partial charge in [0.2, 0.25) is 0 Å². The summed E-state index contributed by atoms with van der Waals surface area (Å²) in [4.78, 5) is 0. The van der Waals surface area contributed by atoms with Crippen LogP contribution >= 0.6 is 0 Å². The van der Waals surface area contributed by atoms with Gasteiger partial charge < -0.3 is 5.32 Å². The fourth-order valence-electron chi connectivity index (χ4n) is 6.96. The molecule has 3 aliphatic rings. The average molecular weight is 436 g/mol. The molecule has 34 heavy (non-hydrogen) atoms. The minimum atomic E-state index is -0.0646. The van der Waals surface area contributed by atoms with Crippen LogP contribution in [0.3, 0.4) is 0 Å². The van der Waals surface area contributed by atoms with Crippen molar-refractivity contribution in [3.63, 3.8) is 0 Å². The number of benzene rings is 5. The molecule has 2 aliphatic carbocycles. The van der Waals surface area contributed by atoms with E-state index >= 15 is 0 Å². The second-order valence-corrected chi connectivity index (χ2v) is 10.6. The molecule has 0 saturated heterocycles. The van der Waals surface area contributed by atoms with Crippen molar-refractivity contribution >= 4 is 38.0 Å². The molecule has 0 radical (unpaired) electrons. The van der Waals surface area contributed by atoms with Crippen LogP contribution in [0.25, 0.3) is 43.4 Å². The Bertz CT molecular complexity index is 1770. The third-order valence-electron chi connectivity index (χ3n) is 8.51. The van der Waals surface area contributed by atoms with E-state index in [9.17, 15) is 0 Å². The van der Waals surface area contributed by atoms with E-state index in [0.29, 0.717) is 12.0 Å². The van der Waals surface area contributed by atoms with E-state index in [1.54, 1.807) is 0 Å². The third-order valence-corrected chi connectivity index (χ3v) is 8.51. The maximum absolute atomic E-state index is 3.89. The van der Waals surface area contributed by atoms with E-state index in [1.807, 2.05) is 0 Å². The standard InChI is InChI=1S/C33H25N/c1-33(2)29-18-27-22-12-6-4-10-20(22)19-9-3-5-11-21(19)26(27)17-28(29)24-15-16-25-23-13-7-8-14-30(23)34-32(25)31(24)33/h3-18,23,30,34H,1-2H3. The molecule has 2 unspecified atom stereocenters. The summed E-state index contributed by atoms with van der Waals surface area (Å²) in [6, 6.07) is 27.8. The van der Waals surface area contributed by atoms with Crippen LogP contribution in [0.1, 0.15) is 36.5 Å². The topological polar surface area (TPSA) is 12.0 Å². The molecule has 1 aliphatic heterocycles. The highest BCUT2D eigenvalue weighted by molar-refractivity contribution is 6.26. The summed E-state index contributed by atoms with van der Waals surface area (Å²) in [6.45, 7) is 4.81. The summed E-state index contributed by atoms with van der Waals surface area (Å²) in [5.74, 6) is 0.428. The van der Waals surface area contributed by atoms with Crippen molar-refractivity contribution in [1.82, 2.24) is 0 Å². The van der Waals surface area contributed by atoms with E-state index in [1.165, 1.54) is 65.8 Å². The first-order chi connectivity index (χ1) is 16.6. The molecule has 0 spiro atoms. The fraction of sp³-hybridized carbons (Fsp3) is 0.152. The Morgan fingerprint density at radius 2 is 1.26 bits per heavy atom. The summed E-state index contributed by atoms with van der Waals surface area (Å²) >= 11 is 0. The van der Waals surface area contributed by atoms with Gasteiger partial charge in [-0.2, -0.15) is 0 Å². The van der Waals surface area contributed by atoms with Gasteiger partial charge in [0.05, 0.1) is 6.04 Å². The van der Waals surface area contributed by atoms with Crippen LogP contribution in [-0.2, 0) is 5.41 Å². The second-order valence-electron chi connectivity index (χ2n) is 10.6. The largest absolute Gasteiger partial charge is 0.377 e. The molecule has 1 heterocycles. The van der Waals surface area contributed by atoms with Crippen LogP contribution in [-0.4, -0.2) is 6.04 Å². The molecule has 2 atom stereocenters. The fourth-order valence-corrected chi connectivity index (χ4v) is 6.96. The quantitative estimate of drug-likeness (QED) is 0.241. The Balaban J connectivity index is 1.48. The van der Waals surface area contributed by atoms with Crippen molar-refractivity contribution in [3.05, 3.63) is 114 Å². The number of hydrogen-bond acceptors (Lipinski definition) is 1. The van der Waals surface area contributed by atoms with Crippen LogP contribution in [0.4, 0.5) is 5.69 Å². The van der Waals surface area contributed by atoms with Gasteiger partial charge in [-0.25, -0.2) is 0 Å². The van der Waals surface area contributed by atoms with Crippen LogP contribution in [0.2, 0.25) is 0 Å². The van der Waals surface area contributed by atoms with Gasteiger partial charge in [0.1, 0.15) is 0 Å². The van der Waals surface area contributed by atoms with E-state index in [0.717, 1.165) is 0 Å². The molecule has 0 amide bonds. The molecular weight excluding hydrogens is 410 g/mol. The number of anilines is 1. The number of rotatable bonds is 0. The van der Waals surface area contributed by atoms with Gasteiger partial charge in [0.25, 0.3) is 0 Å². The van der Waals surface area contributed by atoms with E-state index in [2.05, 4.69) is 116 Å². The van der Waals surface area contributed by atoms with E-state index < -0.39 is 0 Å². The van der Waals surface area contributed by atoms with Gasteiger partial charge in [-0.1, -0.05) is 98.8 Å². The Morgan fingerprint density at radius 3 is 1.97 bits per heavy atom. The first-order valence-electron chi connectivity index (χ1n) is 12.3. The average Bonchev–Trinajstić information content (AvgIpc) is 3.36. The van der Waals surface area contributed by atoms with Crippen molar-refractivity contribution in [2.45, 2.75) is 31.2 Å². The SMILES string of the molecule is CC1(C)c2cc3c4ccccc4c4ccccc4c3cc2-c2ccc3c(c21)NC1C=CC=CC31. The highest BCUT2D eigenvalue weighted by Crippen LogP contribution is 2.57. The lowest BCUT2D eigenvalue weighted by Crippen LogP contribution is -2.20. The summed E-state index contributed by atoms with van der Waals surface area (Å²) in [5.41, 5.74) is 8.39. The zero-order chi connectivity index (χ0) is 22.6. The number of nitrogens with one attached hydrogen (secondary N) is 1. The predicted molar refractivity (Wildman–Crippen MR) is 145 cm³/mol. The number of allylic oxidation sites excluding steroid dienone is 2. The maximum atomic E-state index is 3.89. The van der Waals surface area contributed by atoms with Crippen LogP contribution in [0.5, 0.6) is 0 Å². The highest BCUT2D eigenvalue weighted by atomic mass is 15.0. The summed E-state index contributed by atoms with van der Waals surface area (Å²) in [7, 11) is 0. The Kier molecular flexibility index (Phi) is 3.38. The lowest BCUT2D eigenvalue weighted by Gasteiger charge is -2.25. The van der Waals surface area contributed by atoms with Gasteiger partial charge in [0.15, 0.2) is 0 Å². The molecule has 5 aromatic carbocycles. The van der Waals surface area contributed by atoms with Crippen molar-refractivity contribution < 1.29 is 0 Å². The number of fused-ring (bicyclic) bond motifs is 13. The lowest BCUT2D eigenvalue weighted by molar-refractivity contribution is 0.663. The van der Waals surface area contributed by atoms with Crippen molar-refractivity contribution in [3.8, 4) is 11.1 Å². The summed E-state index contributed by atoms with van der Waals surface area (Å²) < 4.78 is 0. The van der Waals surface area contributed by atoms with Gasteiger partial charge in [-0.3, -0.25) is 0 Å². The minimum absolute atomic E-state index is 0.0646. The van der Waals surface area contributed by atoms with E-state index in [-0.39, 0.29) is 5.41 Å². The van der Waals surface area contributed by atoms with Crippen molar-refractivity contribution in [2.24, 2.45) is 0 Å². The normalized spacial score (nSPS) is 20.9. The van der Waals surface area contributed by atoms with E-state index in [4.69, 9.17) is 0 Å². The van der Waals surface area contributed by atoms with Crippen molar-refractivity contribution in [1.29, 1.82) is 0 Å². The highest BCUT2D eigenvalue weighted by Gasteiger charge is 2.42. The summed E-state index contributed by atoms with van der Waals surface area (Å²) in [6.07, 6.45) is 9.01. The zero-order valence-corrected chi connectivity index (χ0v) is 19.4. The number of hydrogen-bond donors (Lipinski definition) is 1. The molecule has 1 N–H and O–H groups in total. The smallest absolute Gasteiger partial charge is 0.0551 e. The molecule has 0 aromatic heterocycles. The lowest BCUT2D eigenvalue weighted by atomic mass is 9.79. The molecule has 162 valence electrons. The van der Waals surface area contributed by atoms with Gasteiger partial charge in [-0.15, -0.1) is 0 Å². The molecule has 8 rings (SSSR count). The van der Waals surface area contributed by atoms with Crippen LogP contribution in [0, 0.1) is 0 Å². The van der Waals surface area contributed by atoms with Gasteiger partial charge >= 0.3 is 0 Å². The monoisotopic (exact) mass is 435 g/mol. The molecular formula is C33H25N. The predicted octanol–water partition coefficient (Wildman–Crippen LogP) is 8.46. The van der Waals surface area contributed by atoms with Crippen LogP contribution in [0.15, 0.2) is 97.1 Å². The third kappa shape index (κ3) is 2.16.